The van der Waals surface area contributed by atoms with Gasteiger partial charge in [-0.15, -0.1) is 11.3 Å². The highest BCUT2D eigenvalue weighted by Gasteiger charge is 2.05. The number of nitrogens with zero attached hydrogens (tertiary/aromatic N) is 1. The van der Waals surface area contributed by atoms with Crippen LogP contribution in [-0.4, -0.2) is 10.1 Å². The maximum Gasteiger partial charge on any atom is 0.161 e. The third-order valence-corrected chi connectivity index (χ3v) is 3.34. The summed E-state index contributed by atoms with van der Waals surface area (Å²) >= 11 is 1.62. The van der Waals surface area contributed by atoms with Crippen molar-refractivity contribution >= 4 is 11.3 Å². The van der Waals surface area contributed by atoms with Crippen LogP contribution in [0.3, 0.4) is 0 Å². The van der Waals surface area contributed by atoms with Crippen LogP contribution in [0.15, 0.2) is 24.3 Å². The van der Waals surface area contributed by atoms with Crippen molar-refractivity contribution in [1.29, 1.82) is 0 Å². The van der Waals surface area contributed by atoms with Crippen molar-refractivity contribution in [2.24, 2.45) is 0 Å². The fraction of sp³-hybridized carbons (Fsp3) is 0.250. The fourth-order valence-electron chi connectivity index (χ4n) is 1.32. The van der Waals surface area contributed by atoms with Crippen molar-refractivity contribution in [2.75, 3.05) is 0 Å². The van der Waals surface area contributed by atoms with Crippen molar-refractivity contribution in [3.8, 4) is 11.5 Å². The van der Waals surface area contributed by atoms with Crippen LogP contribution in [0, 0.1) is 13.8 Å². The Bertz CT molecular complexity index is 474. The topological polar surface area (TPSA) is 42.4 Å². The second kappa shape index (κ2) is 4.53. The van der Waals surface area contributed by atoms with E-state index in [0.29, 0.717) is 12.4 Å². The van der Waals surface area contributed by atoms with E-state index in [1.54, 1.807) is 29.5 Å². The van der Waals surface area contributed by atoms with E-state index in [4.69, 9.17) is 4.74 Å². The first-order valence-electron chi connectivity index (χ1n) is 5.00. The molecule has 2 rings (SSSR count). The fourth-order valence-corrected chi connectivity index (χ4v) is 2.17. The molecule has 1 aromatic heterocycles. The van der Waals surface area contributed by atoms with Gasteiger partial charge in [-0.05, 0) is 26.0 Å². The van der Waals surface area contributed by atoms with Gasteiger partial charge in [0.25, 0.3) is 0 Å². The SMILES string of the molecule is Cc1nc(COc2ccccc2O)sc1C. The smallest absolute Gasteiger partial charge is 0.161 e. The van der Waals surface area contributed by atoms with Gasteiger partial charge in [0, 0.05) is 4.88 Å². The second-order valence-electron chi connectivity index (χ2n) is 3.51. The minimum absolute atomic E-state index is 0.160. The molecular weight excluding hydrogens is 222 g/mol. The van der Waals surface area contributed by atoms with Crippen molar-refractivity contribution in [1.82, 2.24) is 4.98 Å². The minimum atomic E-state index is 0.160. The third-order valence-electron chi connectivity index (χ3n) is 2.29. The number of ether oxygens (including phenoxy) is 1. The number of aryl methyl sites for hydroxylation is 2. The van der Waals surface area contributed by atoms with E-state index >= 15 is 0 Å². The Morgan fingerprint density at radius 1 is 1.31 bits per heavy atom. The molecule has 0 aliphatic heterocycles. The molecule has 1 N–H and O–H groups in total. The van der Waals surface area contributed by atoms with E-state index < -0.39 is 0 Å². The van der Waals surface area contributed by atoms with Gasteiger partial charge >= 0.3 is 0 Å². The Labute approximate surface area is 98.4 Å². The maximum absolute atomic E-state index is 9.51. The van der Waals surface area contributed by atoms with E-state index in [1.165, 1.54) is 4.88 Å². The first-order chi connectivity index (χ1) is 7.66. The molecule has 0 bridgehead atoms. The maximum atomic E-state index is 9.51. The molecular formula is C12H13NO2S. The summed E-state index contributed by atoms with van der Waals surface area (Å²) in [6.07, 6.45) is 0. The number of hydrogen-bond acceptors (Lipinski definition) is 4. The summed E-state index contributed by atoms with van der Waals surface area (Å²) in [7, 11) is 0. The van der Waals surface area contributed by atoms with Crippen molar-refractivity contribution < 1.29 is 9.84 Å². The molecule has 2 aromatic rings. The zero-order chi connectivity index (χ0) is 11.5. The predicted molar refractivity (Wildman–Crippen MR) is 64.0 cm³/mol. The number of thiazole rings is 1. The zero-order valence-electron chi connectivity index (χ0n) is 9.23. The van der Waals surface area contributed by atoms with Crippen molar-refractivity contribution in [3.05, 3.63) is 39.8 Å². The number of aromatic hydroxyl groups is 1. The van der Waals surface area contributed by atoms with Crippen LogP contribution in [0.4, 0.5) is 0 Å². The van der Waals surface area contributed by atoms with E-state index in [1.807, 2.05) is 19.9 Å². The van der Waals surface area contributed by atoms with Crippen LogP contribution in [0.1, 0.15) is 15.6 Å². The van der Waals surface area contributed by atoms with Gasteiger partial charge in [-0.3, -0.25) is 0 Å². The average Bonchev–Trinajstić information content (AvgIpc) is 2.57. The Morgan fingerprint density at radius 2 is 2.06 bits per heavy atom. The third kappa shape index (κ3) is 2.33. The Kier molecular flexibility index (Phi) is 3.10. The van der Waals surface area contributed by atoms with Gasteiger partial charge in [-0.2, -0.15) is 0 Å². The molecule has 84 valence electrons. The Morgan fingerprint density at radius 3 is 2.69 bits per heavy atom. The molecule has 4 heteroatoms. The van der Waals surface area contributed by atoms with Gasteiger partial charge in [-0.1, -0.05) is 12.1 Å². The lowest BCUT2D eigenvalue weighted by atomic mass is 10.3. The Balaban J connectivity index is 2.05. The highest BCUT2D eigenvalue weighted by molar-refractivity contribution is 7.11. The second-order valence-corrected chi connectivity index (χ2v) is 4.79. The summed E-state index contributed by atoms with van der Waals surface area (Å²) in [6, 6.07) is 6.93. The number of aromatic nitrogens is 1. The zero-order valence-corrected chi connectivity index (χ0v) is 10.0. The van der Waals surface area contributed by atoms with Gasteiger partial charge < -0.3 is 9.84 Å². The van der Waals surface area contributed by atoms with Crippen LogP contribution < -0.4 is 4.74 Å². The van der Waals surface area contributed by atoms with Gasteiger partial charge in [0.15, 0.2) is 11.5 Å². The van der Waals surface area contributed by atoms with Crippen LogP contribution in [0.5, 0.6) is 11.5 Å². The summed E-state index contributed by atoms with van der Waals surface area (Å²) in [5.74, 6) is 0.653. The van der Waals surface area contributed by atoms with Crippen LogP contribution in [0.25, 0.3) is 0 Å². The van der Waals surface area contributed by atoms with E-state index in [-0.39, 0.29) is 5.75 Å². The molecule has 0 saturated heterocycles. The number of benzene rings is 1. The van der Waals surface area contributed by atoms with Gasteiger partial charge in [0.2, 0.25) is 0 Å². The molecule has 16 heavy (non-hydrogen) atoms. The number of phenols is 1. The summed E-state index contributed by atoms with van der Waals surface area (Å²) in [5, 5.41) is 10.4. The number of para-hydroxylation sites is 2. The molecule has 0 spiro atoms. The van der Waals surface area contributed by atoms with E-state index in [9.17, 15) is 5.11 Å². The molecule has 0 aliphatic rings. The molecule has 0 amide bonds. The van der Waals surface area contributed by atoms with Gasteiger partial charge in [0.05, 0.1) is 5.69 Å². The Hall–Kier alpha value is -1.55. The summed E-state index contributed by atoms with van der Waals surface area (Å²) in [4.78, 5) is 5.57. The molecule has 1 aromatic carbocycles. The lowest BCUT2D eigenvalue weighted by molar-refractivity contribution is 0.288. The minimum Gasteiger partial charge on any atom is -0.504 e. The number of phenolic OH excluding ortho intramolecular Hbond substituents is 1. The van der Waals surface area contributed by atoms with Crippen LogP contribution in [0.2, 0.25) is 0 Å². The van der Waals surface area contributed by atoms with E-state index in [2.05, 4.69) is 4.98 Å². The normalized spacial score (nSPS) is 10.4. The first kappa shape index (κ1) is 11.0. The molecule has 0 unspecified atom stereocenters. The standard InChI is InChI=1S/C12H13NO2S/c1-8-9(2)16-12(13-8)7-15-11-6-4-3-5-10(11)14/h3-6,14H,7H2,1-2H3. The molecule has 1 heterocycles. The van der Waals surface area contributed by atoms with E-state index in [0.717, 1.165) is 10.7 Å². The van der Waals surface area contributed by atoms with Crippen LogP contribution >= 0.6 is 11.3 Å². The molecule has 0 atom stereocenters. The van der Waals surface area contributed by atoms with Crippen LogP contribution in [-0.2, 0) is 6.61 Å². The summed E-state index contributed by atoms with van der Waals surface area (Å²) < 4.78 is 5.49. The monoisotopic (exact) mass is 235 g/mol. The van der Waals surface area contributed by atoms with Crippen molar-refractivity contribution in [2.45, 2.75) is 20.5 Å². The summed E-state index contributed by atoms with van der Waals surface area (Å²) in [6.45, 7) is 4.42. The summed E-state index contributed by atoms with van der Waals surface area (Å²) in [5.41, 5.74) is 1.04. The molecule has 0 aliphatic carbocycles. The lowest BCUT2D eigenvalue weighted by Crippen LogP contribution is -1.94. The highest BCUT2D eigenvalue weighted by atomic mass is 32.1. The molecule has 0 radical (unpaired) electrons. The first-order valence-corrected chi connectivity index (χ1v) is 5.82. The van der Waals surface area contributed by atoms with Gasteiger partial charge in [0.1, 0.15) is 11.6 Å². The molecule has 0 fully saturated rings. The quantitative estimate of drug-likeness (QED) is 0.889. The molecule has 0 saturated carbocycles. The molecule has 3 nitrogen and oxygen atoms in total. The number of rotatable bonds is 3. The largest absolute Gasteiger partial charge is 0.504 e. The predicted octanol–water partition coefficient (Wildman–Crippen LogP) is 3.04. The highest BCUT2D eigenvalue weighted by Crippen LogP contribution is 2.26. The number of hydrogen-bond donors (Lipinski definition) is 1. The lowest BCUT2D eigenvalue weighted by Gasteiger charge is -2.05. The van der Waals surface area contributed by atoms with Gasteiger partial charge in [-0.25, -0.2) is 4.98 Å². The van der Waals surface area contributed by atoms with Crippen molar-refractivity contribution in [3.63, 3.8) is 0 Å². The average molecular weight is 235 g/mol.